The molecule has 1 aromatic carbocycles. The Kier molecular flexibility index (Phi) is 6.25. The predicted molar refractivity (Wildman–Crippen MR) is 121 cm³/mol. The van der Waals surface area contributed by atoms with E-state index in [2.05, 4.69) is 32.7 Å². The lowest BCUT2D eigenvalue weighted by Crippen LogP contribution is -2.45. The molecule has 0 radical (unpaired) electrons. The summed E-state index contributed by atoms with van der Waals surface area (Å²) in [5.41, 5.74) is 2.94. The summed E-state index contributed by atoms with van der Waals surface area (Å²) in [5.74, 6) is -0.790. The summed E-state index contributed by atoms with van der Waals surface area (Å²) in [5, 5.41) is 0.0207. The SMILES string of the molecule is CC(C)OC(=O)CN1C(=O)S/C(=C/c2cc3c(cc2Cl)N(C)C(C)(C)C[C@@H]3C)C1=O. The van der Waals surface area contributed by atoms with Crippen LogP contribution in [0.1, 0.15) is 58.1 Å². The first-order valence-electron chi connectivity index (χ1n) is 9.93. The van der Waals surface area contributed by atoms with E-state index in [4.69, 9.17) is 16.3 Å². The van der Waals surface area contributed by atoms with Crippen molar-refractivity contribution in [3.8, 4) is 0 Å². The molecule has 1 aromatic rings. The van der Waals surface area contributed by atoms with Gasteiger partial charge in [-0.05, 0) is 81.1 Å². The van der Waals surface area contributed by atoms with Crippen molar-refractivity contribution in [2.75, 3.05) is 18.5 Å². The molecule has 1 saturated heterocycles. The summed E-state index contributed by atoms with van der Waals surface area (Å²) in [4.78, 5) is 40.2. The molecule has 0 saturated carbocycles. The number of imide groups is 1. The Labute approximate surface area is 186 Å². The van der Waals surface area contributed by atoms with E-state index in [0.29, 0.717) is 16.5 Å². The van der Waals surface area contributed by atoms with Crippen molar-refractivity contribution in [1.29, 1.82) is 0 Å². The van der Waals surface area contributed by atoms with Crippen LogP contribution in [-0.4, -0.2) is 47.3 Å². The normalized spacial score (nSPS) is 22.1. The summed E-state index contributed by atoms with van der Waals surface area (Å²) in [7, 11) is 2.06. The van der Waals surface area contributed by atoms with Gasteiger partial charge in [0.1, 0.15) is 6.54 Å². The molecule has 2 heterocycles. The number of carbonyl (C=O) groups excluding carboxylic acids is 3. The molecule has 1 fully saturated rings. The molecule has 2 aliphatic rings. The third kappa shape index (κ3) is 4.37. The maximum absolute atomic E-state index is 12.7. The number of carbonyl (C=O) groups is 3. The maximum Gasteiger partial charge on any atom is 0.326 e. The maximum atomic E-state index is 12.7. The quantitative estimate of drug-likeness (QED) is 0.472. The number of anilines is 1. The average molecular weight is 451 g/mol. The van der Waals surface area contributed by atoms with Gasteiger partial charge in [-0.3, -0.25) is 19.3 Å². The zero-order valence-corrected chi connectivity index (χ0v) is 19.7. The standard InChI is InChI=1S/C22H27ClN2O4S/c1-12(2)29-19(26)11-25-20(27)18(30-21(25)28)8-14-7-15-13(3)10-22(4,5)24(6)17(15)9-16(14)23/h7-9,12-13H,10-11H2,1-6H3/b18-8+/t13-/m0/s1. The fraction of sp³-hybridized carbons (Fsp3) is 0.500. The molecule has 2 amide bonds. The van der Waals surface area contributed by atoms with Crippen LogP contribution in [0.2, 0.25) is 5.02 Å². The van der Waals surface area contributed by atoms with E-state index < -0.39 is 23.7 Å². The minimum absolute atomic E-state index is 0.0184. The largest absolute Gasteiger partial charge is 0.462 e. The number of halogens is 1. The molecule has 2 aliphatic heterocycles. The molecule has 0 aromatic heterocycles. The van der Waals surface area contributed by atoms with Crippen molar-refractivity contribution in [1.82, 2.24) is 4.90 Å². The molecule has 0 aliphatic carbocycles. The Bertz CT molecular complexity index is 941. The highest BCUT2D eigenvalue weighted by atomic mass is 35.5. The number of amides is 2. The summed E-state index contributed by atoms with van der Waals surface area (Å²) in [6.07, 6.45) is 2.31. The van der Waals surface area contributed by atoms with Crippen LogP contribution >= 0.6 is 23.4 Å². The van der Waals surface area contributed by atoms with Crippen LogP contribution in [0.3, 0.4) is 0 Å². The number of benzene rings is 1. The second kappa shape index (κ2) is 8.27. The van der Waals surface area contributed by atoms with Gasteiger partial charge in [-0.1, -0.05) is 18.5 Å². The van der Waals surface area contributed by atoms with E-state index >= 15 is 0 Å². The summed E-state index contributed by atoms with van der Waals surface area (Å²) in [6.45, 7) is 9.62. The van der Waals surface area contributed by atoms with E-state index in [1.165, 1.54) is 0 Å². The zero-order chi connectivity index (χ0) is 22.4. The Morgan fingerprint density at radius 1 is 1.37 bits per heavy atom. The van der Waals surface area contributed by atoms with Crippen molar-refractivity contribution in [2.45, 2.75) is 58.6 Å². The number of fused-ring (bicyclic) bond motifs is 1. The molecular formula is C22H27ClN2O4S. The van der Waals surface area contributed by atoms with Gasteiger partial charge >= 0.3 is 5.97 Å². The van der Waals surface area contributed by atoms with Gasteiger partial charge in [0, 0.05) is 23.3 Å². The highest BCUT2D eigenvalue weighted by Gasteiger charge is 2.38. The number of hydrogen-bond acceptors (Lipinski definition) is 6. The van der Waals surface area contributed by atoms with Crippen molar-refractivity contribution in [3.05, 3.63) is 33.2 Å². The molecule has 162 valence electrons. The second-order valence-corrected chi connectivity index (χ2v) is 10.1. The summed E-state index contributed by atoms with van der Waals surface area (Å²) in [6, 6.07) is 3.92. The van der Waals surface area contributed by atoms with E-state index in [1.54, 1.807) is 19.9 Å². The summed E-state index contributed by atoms with van der Waals surface area (Å²) < 4.78 is 5.04. The van der Waals surface area contributed by atoms with E-state index in [1.807, 2.05) is 12.1 Å². The molecule has 1 atom stereocenters. The van der Waals surface area contributed by atoms with Crippen molar-refractivity contribution < 1.29 is 19.1 Å². The van der Waals surface area contributed by atoms with Gasteiger partial charge in [0.05, 0.1) is 11.0 Å². The van der Waals surface area contributed by atoms with Gasteiger partial charge in [0.2, 0.25) is 0 Å². The number of hydrogen-bond donors (Lipinski definition) is 0. The highest BCUT2D eigenvalue weighted by Crippen LogP contribution is 2.45. The van der Waals surface area contributed by atoms with Crippen LogP contribution in [0.5, 0.6) is 0 Å². The molecule has 30 heavy (non-hydrogen) atoms. The van der Waals surface area contributed by atoms with Gasteiger partial charge in [-0.25, -0.2) is 0 Å². The third-order valence-corrected chi connectivity index (χ3v) is 6.80. The predicted octanol–water partition coefficient (Wildman–Crippen LogP) is 5.05. The Balaban J connectivity index is 1.89. The van der Waals surface area contributed by atoms with Crippen LogP contribution < -0.4 is 4.90 Å². The average Bonchev–Trinajstić information content (AvgIpc) is 2.87. The van der Waals surface area contributed by atoms with Gasteiger partial charge in [-0.15, -0.1) is 0 Å². The van der Waals surface area contributed by atoms with E-state index in [0.717, 1.165) is 34.3 Å². The molecular weight excluding hydrogens is 424 g/mol. The Morgan fingerprint density at radius 3 is 2.67 bits per heavy atom. The first-order valence-corrected chi connectivity index (χ1v) is 11.1. The van der Waals surface area contributed by atoms with Gasteiger partial charge in [0.25, 0.3) is 11.1 Å². The van der Waals surface area contributed by atoms with Crippen LogP contribution in [0.4, 0.5) is 10.5 Å². The second-order valence-electron chi connectivity index (χ2n) is 8.72. The topological polar surface area (TPSA) is 66.9 Å². The Morgan fingerprint density at radius 2 is 2.03 bits per heavy atom. The molecule has 0 spiro atoms. The highest BCUT2D eigenvalue weighted by molar-refractivity contribution is 8.18. The van der Waals surface area contributed by atoms with Crippen LogP contribution in [0, 0.1) is 0 Å². The lowest BCUT2D eigenvalue weighted by molar-refractivity contribution is -0.149. The number of ether oxygens (including phenoxy) is 1. The molecule has 8 heteroatoms. The smallest absolute Gasteiger partial charge is 0.326 e. The third-order valence-electron chi connectivity index (χ3n) is 5.57. The number of esters is 1. The van der Waals surface area contributed by atoms with E-state index in [9.17, 15) is 14.4 Å². The van der Waals surface area contributed by atoms with Crippen molar-refractivity contribution in [2.24, 2.45) is 0 Å². The fourth-order valence-corrected chi connectivity index (χ4v) is 4.96. The lowest BCUT2D eigenvalue weighted by Gasteiger charge is -2.45. The minimum atomic E-state index is -0.611. The lowest BCUT2D eigenvalue weighted by atomic mass is 9.80. The van der Waals surface area contributed by atoms with E-state index in [-0.39, 0.29) is 16.5 Å². The van der Waals surface area contributed by atoms with Crippen LogP contribution in [0.25, 0.3) is 6.08 Å². The summed E-state index contributed by atoms with van der Waals surface area (Å²) >= 11 is 7.35. The Hall–Kier alpha value is -1.99. The van der Waals surface area contributed by atoms with Crippen molar-refractivity contribution >= 4 is 52.2 Å². The van der Waals surface area contributed by atoms with Crippen LogP contribution in [0.15, 0.2) is 17.0 Å². The molecule has 0 unspecified atom stereocenters. The first kappa shape index (κ1) is 22.7. The monoisotopic (exact) mass is 450 g/mol. The molecule has 6 nitrogen and oxygen atoms in total. The number of rotatable bonds is 4. The van der Waals surface area contributed by atoms with Gasteiger partial charge in [0.15, 0.2) is 0 Å². The molecule has 3 rings (SSSR count). The molecule has 0 bridgehead atoms. The number of nitrogens with zero attached hydrogens (tertiary/aromatic N) is 2. The van der Waals surface area contributed by atoms with Gasteiger partial charge in [-0.2, -0.15) is 0 Å². The zero-order valence-electron chi connectivity index (χ0n) is 18.1. The fourth-order valence-electron chi connectivity index (χ4n) is 3.92. The van der Waals surface area contributed by atoms with Crippen molar-refractivity contribution in [3.63, 3.8) is 0 Å². The number of thioether (sulfide) groups is 1. The van der Waals surface area contributed by atoms with Crippen LogP contribution in [-0.2, 0) is 14.3 Å². The van der Waals surface area contributed by atoms with Gasteiger partial charge < -0.3 is 9.64 Å². The molecule has 0 N–H and O–H groups in total. The first-order chi connectivity index (χ1) is 13.9. The minimum Gasteiger partial charge on any atom is -0.462 e.